The van der Waals surface area contributed by atoms with Gasteiger partial charge in [-0.1, -0.05) is 6.42 Å². The number of hydrogen-bond acceptors (Lipinski definition) is 4. The maximum atomic E-state index is 12.1. The van der Waals surface area contributed by atoms with E-state index in [0.717, 1.165) is 36.5 Å². The van der Waals surface area contributed by atoms with Gasteiger partial charge in [0, 0.05) is 18.2 Å². The van der Waals surface area contributed by atoms with Crippen molar-refractivity contribution < 1.29 is 4.79 Å². The molecule has 1 fully saturated rings. The molecule has 0 aromatic carbocycles. The highest BCUT2D eigenvalue weighted by Gasteiger charge is 2.26. The SMILES string of the molecule is Cc1cc(C)n(-c2ccc(NC(=O)C[C@@H]3CCC[C@H]3N)cn2)n1.Cl.Cl. The minimum absolute atomic E-state index is 0. The summed E-state index contributed by atoms with van der Waals surface area (Å²) in [5, 5.41) is 7.30. The Morgan fingerprint density at radius 2 is 2.08 bits per heavy atom. The van der Waals surface area contributed by atoms with Crippen LogP contribution in [0.3, 0.4) is 0 Å². The van der Waals surface area contributed by atoms with Crippen LogP contribution in [0, 0.1) is 19.8 Å². The first-order valence-electron chi connectivity index (χ1n) is 8.08. The highest BCUT2D eigenvalue weighted by Crippen LogP contribution is 2.27. The van der Waals surface area contributed by atoms with Crippen molar-refractivity contribution in [1.82, 2.24) is 14.8 Å². The number of halogens is 2. The molecule has 0 saturated heterocycles. The Morgan fingerprint density at radius 1 is 1.32 bits per heavy atom. The van der Waals surface area contributed by atoms with E-state index >= 15 is 0 Å². The van der Waals surface area contributed by atoms with Gasteiger partial charge in [0.1, 0.15) is 0 Å². The van der Waals surface area contributed by atoms with E-state index in [0.29, 0.717) is 18.0 Å². The molecular weight excluding hydrogens is 361 g/mol. The van der Waals surface area contributed by atoms with Gasteiger partial charge in [0.25, 0.3) is 0 Å². The normalized spacial score (nSPS) is 19.0. The number of nitrogens with zero attached hydrogens (tertiary/aromatic N) is 3. The Bertz CT molecular complexity index is 702. The lowest BCUT2D eigenvalue weighted by atomic mass is 10.00. The van der Waals surface area contributed by atoms with E-state index in [4.69, 9.17) is 5.73 Å². The fourth-order valence-corrected chi connectivity index (χ4v) is 3.22. The summed E-state index contributed by atoms with van der Waals surface area (Å²) >= 11 is 0. The van der Waals surface area contributed by atoms with Crippen LogP contribution in [0.2, 0.25) is 0 Å². The average molecular weight is 386 g/mol. The molecule has 1 saturated carbocycles. The summed E-state index contributed by atoms with van der Waals surface area (Å²) in [4.78, 5) is 16.5. The quantitative estimate of drug-likeness (QED) is 0.845. The predicted octanol–water partition coefficient (Wildman–Crippen LogP) is 3.18. The molecule has 0 radical (unpaired) electrons. The van der Waals surface area contributed by atoms with Crippen molar-refractivity contribution in [3.05, 3.63) is 35.8 Å². The number of pyridine rings is 1. The largest absolute Gasteiger partial charge is 0.327 e. The van der Waals surface area contributed by atoms with E-state index in [1.807, 2.05) is 32.0 Å². The predicted molar refractivity (Wildman–Crippen MR) is 104 cm³/mol. The zero-order valence-corrected chi connectivity index (χ0v) is 16.1. The molecule has 2 aromatic rings. The zero-order chi connectivity index (χ0) is 16.4. The Morgan fingerprint density at radius 3 is 2.60 bits per heavy atom. The van der Waals surface area contributed by atoms with Gasteiger partial charge >= 0.3 is 0 Å². The third kappa shape index (κ3) is 5.17. The first kappa shape index (κ1) is 21.4. The summed E-state index contributed by atoms with van der Waals surface area (Å²) in [6.07, 6.45) is 5.34. The maximum absolute atomic E-state index is 12.1. The Labute approximate surface area is 160 Å². The van der Waals surface area contributed by atoms with Crippen molar-refractivity contribution in [3.8, 4) is 5.82 Å². The number of aryl methyl sites for hydroxylation is 2. The van der Waals surface area contributed by atoms with E-state index in [9.17, 15) is 4.79 Å². The van der Waals surface area contributed by atoms with Crippen molar-refractivity contribution in [1.29, 1.82) is 0 Å². The molecular formula is C17H25Cl2N5O. The Balaban J connectivity index is 0.00000156. The lowest BCUT2D eigenvalue weighted by molar-refractivity contribution is -0.117. The van der Waals surface area contributed by atoms with Crippen molar-refractivity contribution in [3.63, 3.8) is 0 Å². The fourth-order valence-electron chi connectivity index (χ4n) is 3.22. The van der Waals surface area contributed by atoms with Crippen LogP contribution < -0.4 is 11.1 Å². The van der Waals surface area contributed by atoms with Gasteiger partial charge in [-0.15, -0.1) is 24.8 Å². The number of carbonyl (C=O) groups is 1. The van der Waals surface area contributed by atoms with Crippen LogP contribution in [0.4, 0.5) is 5.69 Å². The van der Waals surface area contributed by atoms with Crippen LogP contribution >= 0.6 is 24.8 Å². The second-order valence-electron chi connectivity index (χ2n) is 6.35. The molecule has 3 N–H and O–H groups in total. The molecule has 0 aliphatic heterocycles. The smallest absolute Gasteiger partial charge is 0.224 e. The summed E-state index contributed by atoms with van der Waals surface area (Å²) in [6, 6.07) is 5.87. The molecule has 25 heavy (non-hydrogen) atoms. The number of nitrogens with one attached hydrogen (secondary N) is 1. The molecule has 1 aliphatic carbocycles. The molecule has 1 amide bonds. The molecule has 2 aromatic heterocycles. The number of rotatable bonds is 4. The average Bonchev–Trinajstić information content (AvgIpc) is 3.05. The van der Waals surface area contributed by atoms with Gasteiger partial charge in [-0.2, -0.15) is 5.10 Å². The van der Waals surface area contributed by atoms with Gasteiger partial charge in [-0.05, 0) is 50.8 Å². The van der Waals surface area contributed by atoms with Crippen molar-refractivity contribution in [2.45, 2.75) is 45.6 Å². The van der Waals surface area contributed by atoms with Gasteiger partial charge in [0.15, 0.2) is 5.82 Å². The fraction of sp³-hybridized carbons (Fsp3) is 0.471. The molecule has 8 heteroatoms. The Kier molecular flexibility index (Phi) is 7.86. The molecule has 1 aliphatic rings. The van der Waals surface area contributed by atoms with Gasteiger partial charge < -0.3 is 11.1 Å². The van der Waals surface area contributed by atoms with Crippen LogP contribution in [0.1, 0.15) is 37.1 Å². The maximum Gasteiger partial charge on any atom is 0.224 e. The van der Waals surface area contributed by atoms with Gasteiger partial charge in [0.05, 0.1) is 17.6 Å². The molecule has 3 rings (SSSR count). The first-order chi connectivity index (χ1) is 11.0. The summed E-state index contributed by atoms with van der Waals surface area (Å²) < 4.78 is 1.79. The molecule has 138 valence electrons. The van der Waals surface area contributed by atoms with E-state index in [1.54, 1.807) is 10.9 Å². The summed E-state index contributed by atoms with van der Waals surface area (Å²) in [6.45, 7) is 3.94. The minimum atomic E-state index is 0. The monoisotopic (exact) mass is 385 g/mol. The van der Waals surface area contributed by atoms with Gasteiger partial charge in [-0.25, -0.2) is 9.67 Å². The second kappa shape index (κ2) is 9.17. The molecule has 0 unspecified atom stereocenters. The number of amides is 1. The third-order valence-electron chi connectivity index (χ3n) is 4.42. The van der Waals surface area contributed by atoms with E-state index < -0.39 is 0 Å². The topological polar surface area (TPSA) is 85.8 Å². The van der Waals surface area contributed by atoms with E-state index in [1.165, 1.54) is 0 Å². The first-order valence-corrected chi connectivity index (χ1v) is 8.08. The number of anilines is 1. The number of aromatic nitrogens is 3. The standard InChI is InChI=1S/C17H23N5O.2ClH/c1-11-8-12(2)22(21-11)16-7-6-14(10-19-16)20-17(23)9-13-4-3-5-15(13)18;;/h6-8,10,13,15H,3-5,9,18H2,1-2H3,(H,20,23);2*1H/t13-,15+;;/m0../s1. The van der Waals surface area contributed by atoms with E-state index in [2.05, 4.69) is 15.4 Å². The zero-order valence-electron chi connectivity index (χ0n) is 14.4. The van der Waals surface area contributed by atoms with Gasteiger partial charge in [0.2, 0.25) is 5.91 Å². The lowest BCUT2D eigenvalue weighted by Gasteiger charge is -2.14. The van der Waals surface area contributed by atoms with Crippen molar-refractivity contribution in [2.75, 3.05) is 5.32 Å². The summed E-state index contributed by atoms with van der Waals surface area (Å²) in [7, 11) is 0. The number of nitrogens with two attached hydrogens (primary N) is 1. The van der Waals surface area contributed by atoms with Crippen LogP contribution in [-0.4, -0.2) is 26.7 Å². The second-order valence-corrected chi connectivity index (χ2v) is 6.35. The van der Waals surface area contributed by atoms with Crippen LogP contribution in [-0.2, 0) is 4.79 Å². The minimum Gasteiger partial charge on any atom is -0.327 e. The number of carbonyl (C=O) groups excluding carboxylic acids is 1. The van der Waals surface area contributed by atoms with E-state index in [-0.39, 0.29) is 36.8 Å². The highest BCUT2D eigenvalue weighted by molar-refractivity contribution is 5.90. The van der Waals surface area contributed by atoms with Crippen LogP contribution in [0.5, 0.6) is 0 Å². The van der Waals surface area contributed by atoms with Crippen LogP contribution in [0.25, 0.3) is 5.82 Å². The Hall–Kier alpha value is -1.63. The van der Waals surface area contributed by atoms with Gasteiger partial charge in [-0.3, -0.25) is 4.79 Å². The lowest BCUT2D eigenvalue weighted by Crippen LogP contribution is -2.28. The summed E-state index contributed by atoms with van der Waals surface area (Å²) in [5.74, 6) is 1.05. The van der Waals surface area contributed by atoms with Crippen LogP contribution in [0.15, 0.2) is 24.4 Å². The third-order valence-corrected chi connectivity index (χ3v) is 4.42. The molecule has 0 bridgehead atoms. The molecule has 6 nitrogen and oxygen atoms in total. The van der Waals surface area contributed by atoms with Crippen molar-refractivity contribution in [2.24, 2.45) is 11.7 Å². The molecule has 2 heterocycles. The van der Waals surface area contributed by atoms with Crippen molar-refractivity contribution >= 4 is 36.4 Å². The summed E-state index contributed by atoms with van der Waals surface area (Å²) in [5.41, 5.74) is 8.70. The highest BCUT2D eigenvalue weighted by atomic mass is 35.5. The molecule has 0 spiro atoms. The number of hydrogen-bond donors (Lipinski definition) is 2. The molecule has 2 atom stereocenters.